The molecule has 4 heteroatoms. The second-order valence-electron chi connectivity index (χ2n) is 9.59. The quantitative estimate of drug-likeness (QED) is 0.729. The number of rotatable bonds is 1. The minimum Gasteiger partial charge on any atom is -0.508 e. The number of hydrogen-bond donors (Lipinski definition) is 1. The Morgan fingerprint density at radius 2 is 1.58 bits per heavy atom. The highest BCUT2D eigenvalue weighted by molar-refractivity contribution is 5.29. The van der Waals surface area contributed by atoms with E-state index in [1.54, 1.807) is 12.1 Å². The van der Waals surface area contributed by atoms with Gasteiger partial charge in [0, 0.05) is 24.7 Å². The lowest BCUT2D eigenvalue weighted by Gasteiger charge is -2.57. The number of phenolic OH excluding ortho intramolecular Hbond substituents is 1. The lowest BCUT2D eigenvalue weighted by molar-refractivity contribution is -0.390. The Hall–Kier alpha value is -1.10. The highest BCUT2D eigenvalue weighted by atomic mass is 17.3. The molecule has 26 heavy (non-hydrogen) atoms. The van der Waals surface area contributed by atoms with E-state index in [9.17, 15) is 5.11 Å². The van der Waals surface area contributed by atoms with Gasteiger partial charge in [0.05, 0.1) is 0 Å². The number of phenols is 1. The predicted octanol–water partition coefficient (Wildman–Crippen LogP) is 4.88. The van der Waals surface area contributed by atoms with Crippen molar-refractivity contribution in [2.75, 3.05) is 0 Å². The Kier molecular flexibility index (Phi) is 3.34. The molecule has 1 N–H and O–H groups in total. The molecule has 1 aliphatic heterocycles. The molecular formula is C22H28O4. The topological polar surface area (TPSA) is 47.9 Å². The van der Waals surface area contributed by atoms with Crippen LogP contribution in [0.2, 0.25) is 0 Å². The molecule has 6 aliphatic rings. The summed E-state index contributed by atoms with van der Waals surface area (Å²) in [5.41, 5.74) is 1.26. The molecule has 0 amide bonds. The van der Waals surface area contributed by atoms with Gasteiger partial charge >= 0.3 is 0 Å². The first kappa shape index (κ1) is 15.9. The second-order valence-corrected chi connectivity index (χ2v) is 9.59. The molecule has 1 saturated heterocycles. The van der Waals surface area contributed by atoms with E-state index in [0.717, 1.165) is 37.5 Å². The largest absolute Gasteiger partial charge is 0.508 e. The molecule has 2 spiro atoms. The van der Waals surface area contributed by atoms with Crippen LogP contribution >= 0.6 is 0 Å². The van der Waals surface area contributed by atoms with Gasteiger partial charge in [-0.2, -0.15) is 9.78 Å². The molecule has 7 rings (SSSR count). The highest BCUT2D eigenvalue weighted by Gasteiger charge is 2.66. The first-order valence-electron chi connectivity index (χ1n) is 10.5. The summed E-state index contributed by atoms with van der Waals surface area (Å²) in [5.74, 6) is 2.51. The van der Waals surface area contributed by atoms with Crippen molar-refractivity contribution in [1.29, 1.82) is 0 Å². The summed E-state index contributed by atoms with van der Waals surface area (Å²) in [4.78, 5) is 12.2. The predicted molar refractivity (Wildman–Crippen MR) is 95.1 cm³/mol. The Morgan fingerprint density at radius 3 is 2.27 bits per heavy atom. The van der Waals surface area contributed by atoms with Gasteiger partial charge in [0.25, 0.3) is 0 Å². The molecular weight excluding hydrogens is 328 g/mol. The number of benzene rings is 1. The third kappa shape index (κ3) is 2.25. The standard InChI is InChI=1S/C22H28O4/c23-20-5-3-16(4-6-20)17-2-1-7-21(13-17)24-22(26-25-21)18-9-14-8-15(11-18)12-19(22)10-14/h3-6,14-15,17-19,23H,1-2,7-13H2/t14?,15?,17-,18?,19?,21-,22?/m1/s1. The Labute approximate surface area is 154 Å². The first-order chi connectivity index (χ1) is 12.6. The Morgan fingerprint density at radius 1 is 0.885 bits per heavy atom. The maximum Gasteiger partial charge on any atom is 0.210 e. The van der Waals surface area contributed by atoms with E-state index in [0.29, 0.717) is 23.5 Å². The van der Waals surface area contributed by atoms with Crippen LogP contribution < -0.4 is 0 Å². The van der Waals surface area contributed by atoms with E-state index in [4.69, 9.17) is 14.5 Å². The summed E-state index contributed by atoms with van der Waals surface area (Å²) < 4.78 is 6.84. The lowest BCUT2D eigenvalue weighted by atomic mass is 9.53. The zero-order chi connectivity index (χ0) is 17.4. The third-order valence-corrected chi connectivity index (χ3v) is 7.98. The minimum absolute atomic E-state index is 0.323. The van der Waals surface area contributed by atoms with E-state index >= 15 is 0 Å². The van der Waals surface area contributed by atoms with Crippen LogP contribution in [0.1, 0.15) is 69.3 Å². The maximum absolute atomic E-state index is 9.57. The van der Waals surface area contributed by atoms with Gasteiger partial charge in [-0.3, -0.25) is 0 Å². The van der Waals surface area contributed by atoms with E-state index in [1.807, 2.05) is 12.1 Å². The number of hydrogen-bond acceptors (Lipinski definition) is 4. The molecule has 1 aromatic carbocycles. The van der Waals surface area contributed by atoms with Crippen LogP contribution in [0.25, 0.3) is 0 Å². The van der Waals surface area contributed by atoms with Crippen molar-refractivity contribution < 1.29 is 19.6 Å². The summed E-state index contributed by atoms with van der Waals surface area (Å²) in [6.45, 7) is 0. The van der Waals surface area contributed by atoms with Gasteiger partial charge in [-0.1, -0.05) is 12.1 Å². The van der Waals surface area contributed by atoms with Crippen LogP contribution in [0.15, 0.2) is 24.3 Å². The molecule has 4 bridgehead atoms. The molecule has 140 valence electrons. The SMILES string of the molecule is Oc1ccc([C@@H]2CCC[C@]3(C2)OOC2(O3)C3CC4CC(C3)CC2C4)cc1. The molecule has 0 unspecified atom stereocenters. The Bertz CT molecular complexity index is 671. The van der Waals surface area contributed by atoms with Gasteiger partial charge in [0.2, 0.25) is 11.6 Å². The maximum atomic E-state index is 9.57. The molecule has 5 aliphatic carbocycles. The van der Waals surface area contributed by atoms with Crippen molar-refractivity contribution in [3.05, 3.63) is 29.8 Å². The fourth-order valence-corrected chi connectivity index (χ4v) is 7.01. The highest BCUT2D eigenvalue weighted by Crippen LogP contribution is 2.64. The summed E-state index contributed by atoms with van der Waals surface area (Å²) in [5, 5.41) is 9.57. The van der Waals surface area contributed by atoms with Crippen molar-refractivity contribution in [2.45, 2.75) is 75.3 Å². The van der Waals surface area contributed by atoms with Crippen molar-refractivity contribution >= 4 is 0 Å². The van der Waals surface area contributed by atoms with Crippen LogP contribution in [-0.2, 0) is 14.5 Å². The smallest absolute Gasteiger partial charge is 0.210 e. The molecule has 4 nitrogen and oxygen atoms in total. The molecule has 6 fully saturated rings. The van der Waals surface area contributed by atoms with Gasteiger partial charge in [-0.25, -0.2) is 0 Å². The zero-order valence-electron chi connectivity index (χ0n) is 15.2. The normalized spacial score (nSPS) is 49.3. The summed E-state index contributed by atoms with van der Waals surface area (Å²) in [6, 6.07) is 7.63. The molecule has 1 heterocycles. The second kappa shape index (κ2) is 5.46. The van der Waals surface area contributed by atoms with Gasteiger partial charge in [-0.15, -0.1) is 0 Å². The lowest BCUT2D eigenvalue weighted by Crippen LogP contribution is -2.59. The van der Waals surface area contributed by atoms with Gasteiger partial charge in [0.1, 0.15) is 5.75 Å². The summed E-state index contributed by atoms with van der Waals surface area (Å²) >= 11 is 0. The van der Waals surface area contributed by atoms with Crippen LogP contribution in [0.4, 0.5) is 0 Å². The average Bonchev–Trinajstić information content (AvgIpc) is 3.00. The third-order valence-electron chi connectivity index (χ3n) is 7.98. The Balaban J connectivity index is 1.26. The first-order valence-corrected chi connectivity index (χ1v) is 10.5. The molecule has 0 aromatic heterocycles. The van der Waals surface area contributed by atoms with E-state index in [2.05, 4.69) is 0 Å². The van der Waals surface area contributed by atoms with Crippen molar-refractivity contribution in [1.82, 2.24) is 0 Å². The molecule has 1 aromatic rings. The minimum atomic E-state index is -0.573. The number of aromatic hydroxyl groups is 1. The van der Waals surface area contributed by atoms with E-state index in [1.165, 1.54) is 37.7 Å². The van der Waals surface area contributed by atoms with Gasteiger partial charge in [-0.05, 0) is 80.4 Å². The average molecular weight is 356 g/mol. The molecule has 0 radical (unpaired) electrons. The van der Waals surface area contributed by atoms with Crippen LogP contribution in [0.3, 0.4) is 0 Å². The fraction of sp³-hybridized carbons (Fsp3) is 0.727. The summed E-state index contributed by atoms with van der Waals surface area (Å²) in [7, 11) is 0. The summed E-state index contributed by atoms with van der Waals surface area (Å²) in [6.07, 6.45) is 10.5. The molecule has 2 atom stereocenters. The van der Waals surface area contributed by atoms with Crippen molar-refractivity contribution in [3.8, 4) is 5.75 Å². The fourth-order valence-electron chi connectivity index (χ4n) is 7.01. The van der Waals surface area contributed by atoms with Crippen LogP contribution in [0.5, 0.6) is 5.75 Å². The van der Waals surface area contributed by atoms with E-state index < -0.39 is 11.6 Å². The number of ether oxygens (including phenoxy) is 1. The van der Waals surface area contributed by atoms with Crippen LogP contribution in [0, 0.1) is 23.7 Å². The van der Waals surface area contributed by atoms with E-state index in [-0.39, 0.29) is 0 Å². The molecule has 5 saturated carbocycles. The van der Waals surface area contributed by atoms with Crippen LogP contribution in [-0.4, -0.2) is 16.7 Å². The zero-order valence-corrected chi connectivity index (χ0v) is 15.2. The monoisotopic (exact) mass is 356 g/mol. The van der Waals surface area contributed by atoms with Gasteiger partial charge < -0.3 is 9.84 Å². The van der Waals surface area contributed by atoms with Crippen molar-refractivity contribution in [3.63, 3.8) is 0 Å². The van der Waals surface area contributed by atoms with Crippen molar-refractivity contribution in [2.24, 2.45) is 23.7 Å². The van der Waals surface area contributed by atoms with Gasteiger partial charge in [0.15, 0.2) is 0 Å².